The van der Waals surface area contributed by atoms with Gasteiger partial charge in [0.2, 0.25) is 5.91 Å². The molecule has 0 saturated carbocycles. The first-order chi connectivity index (χ1) is 14.5. The van der Waals surface area contributed by atoms with Gasteiger partial charge in [0, 0.05) is 50.7 Å². The largest absolute Gasteiger partial charge is 0.373 e. The molecule has 1 fully saturated rings. The standard InChI is InChI=1S/C25H31N3O2/c1-26-15-16-30-23(25(26)19-9-5-4-6-10-19)18-28(3)24(29)14-13-20-17-27(2)22-12-8-7-11-21(20)22/h4-12,17,23,25H,13-16,18H2,1-3H3/t23-,25-/m0/s1. The molecule has 3 aromatic rings. The van der Waals surface area contributed by atoms with Crippen molar-refractivity contribution in [3.8, 4) is 0 Å². The summed E-state index contributed by atoms with van der Waals surface area (Å²) in [7, 11) is 6.08. The quantitative estimate of drug-likeness (QED) is 0.628. The van der Waals surface area contributed by atoms with Crippen molar-refractivity contribution < 1.29 is 9.53 Å². The third-order valence-electron chi connectivity index (χ3n) is 6.21. The van der Waals surface area contributed by atoms with E-state index in [1.54, 1.807) is 0 Å². The summed E-state index contributed by atoms with van der Waals surface area (Å²) in [5.74, 6) is 0.159. The first kappa shape index (κ1) is 20.6. The predicted octanol–water partition coefficient (Wildman–Crippen LogP) is 3.64. The fraction of sp³-hybridized carbons (Fsp3) is 0.400. The Hall–Kier alpha value is -2.63. The number of para-hydroxylation sites is 1. The maximum absolute atomic E-state index is 12.9. The van der Waals surface area contributed by atoms with Crippen LogP contribution in [-0.4, -0.2) is 60.2 Å². The molecule has 2 heterocycles. The van der Waals surface area contributed by atoms with Crippen molar-refractivity contribution in [3.63, 3.8) is 0 Å². The number of aryl methyl sites for hydroxylation is 2. The highest BCUT2D eigenvalue weighted by atomic mass is 16.5. The van der Waals surface area contributed by atoms with Crippen molar-refractivity contribution in [1.29, 1.82) is 0 Å². The fourth-order valence-corrected chi connectivity index (χ4v) is 4.56. The molecule has 5 nitrogen and oxygen atoms in total. The number of morpholine rings is 1. The molecule has 1 aliphatic rings. The van der Waals surface area contributed by atoms with E-state index in [2.05, 4.69) is 78.3 Å². The van der Waals surface area contributed by atoms with Gasteiger partial charge in [-0.15, -0.1) is 0 Å². The van der Waals surface area contributed by atoms with Crippen LogP contribution in [0.15, 0.2) is 60.8 Å². The van der Waals surface area contributed by atoms with Gasteiger partial charge in [-0.3, -0.25) is 9.69 Å². The second-order valence-corrected chi connectivity index (χ2v) is 8.30. The summed E-state index contributed by atoms with van der Waals surface area (Å²) in [6, 6.07) is 19.0. The van der Waals surface area contributed by atoms with Gasteiger partial charge in [0.25, 0.3) is 0 Å². The molecule has 2 aromatic carbocycles. The van der Waals surface area contributed by atoms with Crippen LogP contribution in [0, 0.1) is 0 Å². The Labute approximate surface area is 178 Å². The molecule has 2 atom stereocenters. The molecule has 1 saturated heterocycles. The van der Waals surface area contributed by atoms with E-state index in [0.29, 0.717) is 19.6 Å². The summed E-state index contributed by atoms with van der Waals surface area (Å²) in [6.07, 6.45) is 3.36. The highest BCUT2D eigenvalue weighted by Gasteiger charge is 2.32. The van der Waals surface area contributed by atoms with E-state index >= 15 is 0 Å². The monoisotopic (exact) mass is 405 g/mol. The van der Waals surface area contributed by atoms with Crippen molar-refractivity contribution in [3.05, 3.63) is 71.9 Å². The minimum Gasteiger partial charge on any atom is -0.373 e. The van der Waals surface area contributed by atoms with E-state index < -0.39 is 0 Å². The number of nitrogens with zero attached hydrogens (tertiary/aromatic N) is 3. The number of aromatic nitrogens is 1. The van der Waals surface area contributed by atoms with E-state index in [9.17, 15) is 4.79 Å². The van der Waals surface area contributed by atoms with Gasteiger partial charge in [0.05, 0.1) is 18.8 Å². The van der Waals surface area contributed by atoms with Crippen LogP contribution in [0.4, 0.5) is 0 Å². The normalized spacial score (nSPS) is 19.8. The van der Waals surface area contributed by atoms with Crippen LogP contribution >= 0.6 is 0 Å². The van der Waals surface area contributed by atoms with Crippen LogP contribution in [0.25, 0.3) is 10.9 Å². The molecule has 1 aliphatic heterocycles. The molecule has 1 aromatic heterocycles. The van der Waals surface area contributed by atoms with Crippen LogP contribution < -0.4 is 0 Å². The molecule has 1 amide bonds. The number of hydrogen-bond donors (Lipinski definition) is 0. The van der Waals surface area contributed by atoms with Gasteiger partial charge in [-0.1, -0.05) is 48.5 Å². The van der Waals surface area contributed by atoms with Crippen molar-refractivity contribution in [1.82, 2.24) is 14.4 Å². The molecule has 4 rings (SSSR count). The molecule has 158 valence electrons. The van der Waals surface area contributed by atoms with Crippen LogP contribution in [0.5, 0.6) is 0 Å². The lowest BCUT2D eigenvalue weighted by molar-refractivity contribution is -0.134. The Morgan fingerprint density at radius 2 is 1.83 bits per heavy atom. The van der Waals surface area contributed by atoms with Gasteiger partial charge >= 0.3 is 0 Å². The predicted molar refractivity (Wildman–Crippen MR) is 120 cm³/mol. The Kier molecular flexibility index (Phi) is 6.21. The van der Waals surface area contributed by atoms with E-state index in [1.165, 1.54) is 22.0 Å². The number of rotatable bonds is 6. The summed E-state index contributed by atoms with van der Waals surface area (Å²) < 4.78 is 8.26. The molecule has 0 radical (unpaired) electrons. The maximum Gasteiger partial charge on any atom is 0.222 e. The molecule has 0 aliphatic carbocycles. The second kappa shape index (κ2) is 9.02. The Balaban J connectivity index is 1.41. The average molecular weight is 406 g/mol. The summed E-state index contributed by atoms with van der Waals surface area (Å²) in [6.45, 7) is 2.19. The summed E-state index contributed by atoms with van der Waals surface area (Å²) in [4.78, 5) is 17.1. The minimum atomic E-state index is -0.0299. The Morgan fingerprint density at radius 1 is 1.10 bits per heavy atom. The van der Waals surface area contributed by atoms with E-state index in [-0.39, 0.29) is 18.1 Å². The third-order valence-corrected chi connectivity index (χ3v) is 6.21. The third kappa shape index (κ3) is 4.27. The first-order valence-corrected chi connectivity index (χ1v) is 10.7. The zero-order valence-electron chi connectivity index (χ0n) is 18.1. The van der Waals surface area contributed by atoms with E-state index in [0.717, 1.165) is 13.0 Å². The number of carbonyl (C=O) groups is 1. The number of benzene rings is 2. The molecule has 0 spiro atoms. The smallest absolute Gasteiger partial charge is 0.222 e. The summed E-state index contributed by atoms with van der Waals surface area (Å²) in [5.41, 5.74) is 3.67. The van der Waals surface area contributed by atoms with Crippen molar-refractivity contribution in [2.75, 3.05) is 33.8 Å². The number of hydrogen-bond acceptors (Lipinski definition) is 3. The van der Waals surface area contributed by atoms with E-state index in [1.807, 2.05) is 18.0 Å². The van der Waals surface area contributed by atoms with Crippen molar-refractivity contribution in [2.24, 2.45) is 7.05 Å². The number of ether oxygens (including phenoxy) is 1. The molecule has 0 bridgehead atoms. The van der Waals surface area contributed by atoms with E-state index in [4.69, 9.17) is 4.74 Å². The van der Waals surface area contributed by atoms with Gasteiger partial charge < -0.3 is 14.2 Å². The SMILES string of the molecule is CN(C[C@@H]1OCCN(C)[C@H]1c1ccccc1)C(=O)CCc1cn(C)c2ccccc12. The maximum atomic E-state index is 12.9. The number of fused-ring (bicyclic) bond motifs is 1. The van der Waals surface area contributed by atoms with Crippen LogP contribution in [0.3, 0.4) is 0 Å². The lowest BCUT2D eigenvalue weighted by atomic mass is 9.98. The lowest BCUT2D eigenvalue weighted by Gasteiger charge is -2.40. The van der Waals surface area contributed by atoms with Crippen LogP contribution in [-0.2, 0) is 23.0 Å². The number of likely N-dealkylation sites (N-methyl/N-ethyl adjacent to an activating group) is 2. The minimum absolute atomic E-state index is 0.0299. The molecular weight excluding hydrogens is 374 g/mol. The second-order valence-electron chi connectivity index (χ2n) is 8.30. The zero-order valence-corrected chi connectivity index (χ0v) is 18.1. The first-order valence-electron chi connectivity index (χ1n) is 10.7. The van der Waals surface area contributed by atoms with Gasteiger partial charge in [0.15, 0.2) is 0 Å². The highest BCUT2D eigenvalue weighted by Crippen LogP contribution is 2.29. The van der Waals surface area contributed by atoms with Crippen LogP contribution in [0.1, 0.15) is 23.6 Å². The zero-order chi connectivity index (χ0) is 21.1. The molecular formula is C25H31N3O2. The fourth-order valence-electron chi connectivity index (χ4n) is 4.56. The molecule has 30 heavy (non-hydrogen) atoms. The van der Waals surface area contributed by atoms with Crippen molar-refractivity contribution in [2.45, 2.75) is 25.0 Å². The van der Waals surface area contributed by atoms with Crippen molar-refractivity contribution >= 4 is 16.8 Å². The summed E-state index contributed by atoms with van der Waals surface area (Å²) >= 11 is 0. The molecule has 5 heteroatoms. The number of amides is 1. The van der Waals surface area contributed by atoms with Gasteiger partial charge in [-0.25, -0.2) is 0 Å². The summed E-state index contributed by atoms with van der Waals surface area (Å²) in [5, 5.41) is 1.23. The molecule has 0 unspecified atom stereocenters. The molecule has 0 N–H and O–H groups in total. The Morgan fingerprint density at radius 3 is 2.63 bits per heavy atom. The van der Waals surface area contributed by atoms with Gasteiger partial charge in [-0.05, 0) is 30.7 Å². The van der Waals surface area contributed by atoms with Crippen LogP contribution in [0.2, 0.25) is 0 Å². The lowest BCUT2D eigenvalue weighted by Crippen LogP contribution is -2.48. The topological polar surface area (TPSA) is 37.7 Å². The van der Waals surface area contributed by atoms with Gasteiger partial charge in [-0.2, -0.15) is 0 Å². The van der Waals surface area contributed by atoms with Gasteiger partial charge in [0.1, 0.15) is 0 Å². The highest BCUT2D eigenvalue weighted by molar-refractivity contribution is 5.85. The number of carbonyl (C=O) groups excluding carboxylic acids is 1. The Bertz CT molecular complexity index is 998. The average Bonchev–Trinajstić information content (AvgIpc) is 3.08.